The van der Waals surface area contributed by atoms with Crippen LogP contribution in [0.25, 0.3) is 11.0 Å². The van der Waals surface area contributed by atoms with Gasteiger partial charge in [0.25, 0.3) is 5.91 Å². The molecule has 1 N–H and O–H groups in total. The number of aromatic nitrogens is 2. The van der Waals surface area contributed by atoms with Crippen LogP contribution in [-0.4, -0.2) is 52.6 Å². The summed E-state index contributed by atoms with van der Waals surface area (Å²) in [5, 5.41) is 3.09. The number of para-hydroxylation sites is 2. The summed E-state index contributed by atoms with van der Waals surface area (Å²) in [4.78, 5) is 34.6. The molecule has 2 aliphatic carbocycles. The van der Waals surface area contributed by atoms with Gasteiger partial charge in [0.05, 0.1) is 31.3 Å². The number of carbonyl (C=O) groups excluding carboxylic acids is 2. The molecule has 2 aromatic carbocycles. The molecule has 8 heteroatoms. The molecule has 0 saturated heterocycles. The highest BCUT2D eigenvalue weighted by Crippen LogP contribution is 2.32. The van der Waals surface area contributed by atoms with Crippen LogP contribution in [0.3, 0.4) is 0 Å². The lowest BCUT2D eigenvalue weighted by Gasteiger charge is -2.42. The molecular weight excluding hydrogens is 504 g/mol. The van der Waals surface area contributed by atoms with Crippen molar-refractivity contribution < 1.29 is 19.1 Å². The molecule has 2 aliphatic rings. The van der Waals surface area contributed by atoms with Crippen LogP contribution in [-0.2, 0) is 11.3 Å². The first-order valence-electron chi connectivity index (χ1n) is 14.8. The molecule has 0 radical (unpaired) electrons. The standard InChI is InChI=1S/C32H42N4O4/c1-22(33-32(38)23-18-19-28(39-2)29(20-23)40-3)31-34-26-16-10-11-17-27(26)35(31)21-30(37)36(24-12-6-4-7-13-24)25-14-8-5-9-15-25/h10-11,16-20,22,24-25H,4-9,12-15,21H2,1-3H3,(H,33,38). The van der Waals surface area contributed by atoms with Gasteiger partial charge in [-0.2, -0.15) is 0 Å². The van der Waals surface area contributed by atoms with Crippen molar-refractivity contribution in [2.24, 2.45) is 0 Å². The fraction of sp³-hybridized carbons (Fsp3) is 0.531. The van der Waals surface area contributed by atoms with E-state index in [1.807, 2.05) is 35.8 Å². The maximum absolute atomic E-state index is 14.2. The van der Waals surface area contributed by atoms with Gasteiger partial charge in [-0.05, 0) is 62.9 Å². The molecule has 1 atom stereocenters. The molecule has 1 aromatic heterocycles. The van der Waals surface area contributed by atoms with Crippen molar-refractivity contribution in [3.8, 4) is 11.5 Å². The van der Waals surface area contributed by atoms with Crippen molar-refractivity contribution in [3.63, 3.8) is 0 Å². The van der Waals surface area contributed by atoms with Gasteiger partial charge in [0.15, 0.2) is 11.5 Å². The van der Waals surface area contributed by atoms with E-state index in [1.165, 1.54) is 38.5 Å². The SMILES string of the molecule is COc1ccc(C(=O)NC(C)c2nc3ccccc3n2CC(=O)N(C2CCCCC2)C2CCCCC2)cc1OC. The summed E-state index contributed by atoms with van der Waals surface area (Å²) in [7, 11) is 3.11. The lowest BCUT2D eigenvalue weighted by Crippen LogP contribution is -2.50. The fourth-order valence-electron chi connectivity index (χ4n) is 6.55. The molecule has 5 rings (SSSR count). The van der Waals surface area contributed by atoms with Crippen molar-refractivity contribution in [1.82, 2.24) is 19.8 Å². The van der Waals surface area contributed by atoms with Gasteiger partial charge in [-0.1, -0.05) is 50.7 Å². The zero-order valence-electron chi connectivity index (χ0n) is 24.0. The second-order valence-corrected chi connectivity index (χ2v) is 11.2. The monoisotopic (exact) mass is 546 g/mol. The van der Waals surface area contributed by atoms with Crippen molar-refractivity contribution in [2.75, 3.05) is 14.2 Å². The third-order valence-electron chi connectivity index (χ3n) is 8.58. The van der Waals surface area contributed by atoms with E-state index in [2.05, 4.69) is 10.2 Å². The van der Waals surface area contributed by atoms with E-state index in [-0.39, 0.29) is 18.4 Å². The molecule has 0 spiro atoms. The Morgan fingerprint density at radius 1 is 0.925 bits per heavy atom. The predicted molar refractivity (Wildman–Crippen MR) is 156 cm³/mol. The summed E-state index contributed by atoms with van der Waals surface area (Å²) in [6, 6.07) is 13.2. The third kappa shape index (κ3) is 5.96. The van der Waals surface area contributed by atoms with Crippen molar-refractivity contribution >= 4 is 22.8 Å². The van der Waals surface area contributed by atoms with Gasteiger partial charge in [-0.3, -0.25) is 9.59 Å². The molecule has 2 saturated carbocycles. The molecule has 2 amide bonds. The third-order valence-corrected chi connectivity index (χ3v) is 8.58. The Morgan fingerprint density at radius 3 is 2.17 bits per heavy atom. The quantitative estimate of drug-likeness (QED) is 0.354. The Labute approximate surface area is 237 Å². The first kappa shape index (κ1) is 28.0. The Bertz CT molecular complexity index is 1310. The molecule has 40 heavy (non-hydrogen) atoms. The zero-order valence-corrected chi connectivity index (χ0v) is 24.0. The number of nitrogens with zero attached hydrogens (tertiary/aromatic N) is 3. The number of nitrogens with one attached hydrogen (secondary N) is 1. The number of methoxy groups -OCH3 is 2. The van der Waals surface area contributed by atoms with Crippen LogP contribution in [0.5, 0.6) is 11.5 Å². The number of ether oxygens (including phenoxy) is 2. The largest absolute Gasteiger partial charge is 0.493 e. The molecule has 1 unspecified atom stereocenters. The molecule has 214 valence electrons. The van der Waals surface area contributed by atoms with Crippen molar-refractivity contribution in [3.05, 3.63) is 53.9 Å². The summed E-state index contributed by atoms with van der Waals surface area (Å²) in [5.74, 6) is 1.65. The second-order valence-electron chi connectivity index (χ2n) is 11.2. The molecule has 0 bridgehead atoms. The minimum atomic E-state index is -0.418. The highest BCUT2D eigenvalue weighted by molar-refractivity contribution is 5.95. The number of rotatable bonds is 9. The summed E-state index contributed by atoms with van der Waals surface area (Å²) >= 11 is 0. The maximum Gasteiger partial charge on any atom is 0.251 e. The predicted octanol–water partition coefficient (Wildman–Crippen LogP) is 6.04. The van der Waals surface area contributed by atoms with Crippen LogP contribution in [0.2, 0.25) is 0 Å². The van der Waals surface area contributed by atoms with Gasteiger partial charge >= 0.3 is 0 Å². The number of benzene rings is 2. The number of carbonyl (C=O) groups is 2. The first-order chi connectivity index (χ1) is 19.5. The van der Waals surface area contributed by atoms with Crippen LogP contribution in [0, 0.1) is 0 Å². The Hall–Kier alpha value is -3.55. The molecule has 8 nitrogen and oxygen atoms in total. The number of hydrogen-bond donors (Lipinski definition) is 1. The van der Waals surface area contributed by atoms with Gasteiger partial charge in [-0.15, -0.1) is 0 Å². The Kier molecular flexibility index (Phi) is 8.92. The van der Waals surface area contributed by atoms with E-state index < -0.39 is 6.04 Å². The van der Waals surface area contributed by atoms with Crippen LogP contribution >= 0.6 is 0 Å². The van der Waals surface area contributed by atoms with Gasteiger partial charge in [0.1, 0.15) is 12.4 Å². The van der Waals surface area contributed by atoms with Crippen LogP contribution < -0.4 is 14.8 Å². The average molecular weight is 547 g/mol. The minimum Gasteiger partial charge on any atom is -0.493 e. The lowest BCUT2D eigenvalue weighted by atomic mass is 9.88. The van der Waals surface area contributed by atoms with Crippen LogP contribution in [0.4, 0.5) is 0 Å². The van der Waals surface area contributed by atoms with Crippen LogP contribution in [0.15, 0.2) is 42.5 Å². The summed E-state index contributed by atoms with van der Waals surface area (Å²) in [6.45, 7) is 2.14. The highest BCUT2D eigenvalue weighted by atomic mass is 16.5. The number of imidazole rings is 1. The molecule has 2 fully saturated rings. The first-order valence-corrected chi connectivity index (χ1v) is 14.8. The van der Waals surface area contributed by atoms with E-state index in [0.717, 1.165) is 36.7 Å². The Morgan fingerprint density at radius 2 is 1.55 bits per heavy atom. The maximum atomic E-state index is 14.2. The molecule has 1 heterocycles. The normalized spacial score (nSPS) is 17.4. The van der Waals surface area contributed by atoms with Gasteiger partial charge in [0, 0.05) is 17.6 Å². The zero-order chi connectivity index (χ0) is 28.1. The van der Waals surface area contributed by atoms with Gasteiger partial charge < -0.3 is 24.3 Å². The fourth-order valence-corrected chi connectivity index (χ4v) is 6.55. The number of amides is 2. The van der Waals surface area contributed by atoms with E-state index >= 15 is 0 Å². The van der Waals surface area contributed by atoms with E-state index in [0.29, 0.717) is 35.0 Å². The smallest absolute Gasteiger partial charge is 0.251 e. The van der Waals surface area contributed by atoms with E-state index in [9.17, 15) is 9.59 Å². The van der Waals surface area contributed by atoms with Crippen LogP contribution in [0.1, 0.15) is 93.4 Å². The second kappa shape index (κ2) is 12.7. The van der Waals surface area contributed by atoms with E-state index in [4.69, 9.17) is 14.5 Å². The minimum absolute atomic E-state index is 0.168. The topological polar surface area (TPSA) is 85.7 Å². The molecular formula is C32H42N4O4. The lowest BCUT2D eigenvalue weighted by molar-refractivity contribution is -0.138. The van der Waals surface area contributed by atoms with Crippen molar-refractivity contribution in [2.45, 2.75) is 95.8 Å². The van der Waals surface area contributed by atoms with Crippen molar-refractivity contribution in [1.29, 1.82) is 0 Å². The summed E-state index contributed by atoms with van der Waals surface area (Å²) in [6.07, 6.45) is 11.7. The Balaban J connectivity index is 1.41. The molecule has 0 aliphatic heterocycles. The number of fused-ring (bicyclic) bond motifs is 1. The average Bonchev–Trinajstić information content (AvgIpc) is 3.36. The van der Waals surface area contributed by atoms with Gasteiger partial charge in [0.2, 0.25) is 5.91 Å². The highest BCUT2D eigenvalue weighted by Gasteiger charge is 2.33. The summed E-state index contributed by atoms with van der Waals surface area (Å²) in [5.41, 5.74) is 2.19. The number of hydrogen-bond acceptors (Lipinski definition) is 5. The summed E-state index contributed by atoms with van der Waals surface area (Å²) < 4.78 is 12.7. The van der Waals surface area contributed by atoms with Gasteiger partial charge in [-0.25, -0.2) is 4.98 Å². The molecule has 3 aromatic rings. The van der Waals surface area contributed by atoms with E-state index in [1.54, 1.807) is 32.4 Å².